The van der Waals surface area contributed by atoms with Crippen molar-refractivity contribution in [2.24, 2.45) is 5.41 Å². The van der Waals surface area contributed by atoms with Gasteiger partial charge in [0, 0.05) is 49.7 Å². The predicted molar refractivity (Wildman–Crippen MR) is 250 cm³/mol. The average molecular weight is 893 g/mol. The quantitative estimate of drug-likeness (QED) is 0.0689. The molecule has 9 rings (SSSR count). The van der Waals surface area contributed by atoms with Gasteiger partial charge in [0.15, 0.2) is 0 Å². The second-order valence-electron chi connectivity index (χ2n) is 17.1. The van der Waals surface area contributed by atoms with Crippen LogP contribution < -0.4 is 31.1 Å². The van der Waals surface area contributed by atoms with Crippen LogP contribution >= 0.6 is 0 Å². The summed E-state index contributed by atoms with van der Waals surface area (Å²) in [5.41, 5.74) is 3.91. The zero-order valence-corrected chi connectivity index (χ0v) is 36.8. The van der Waals surface area contributed by atoms with Crippen molar-refractivity contribution in [2.75, 3.05) is 57.2 Å². The molecule has 3 fully saturated rings. The second-order valence-corrected chi connectivity index (χ2v) is 17.1. The van der Waals surface area contributed by atoms with Crippen molar-refractivity contribution in [3.63, 3.8) is 0 Å². The van der Waals surface area contributed by atoms with Gasteiger partial charge in [0.05, 0.1) is 36.5 Å². The van der Waals surface area contributed by atoms with Gasteiger partial charge in [-0.1, -0.05) is 66.7 Å². The zero-order chi connectivity index (χ0) is 45.3. The first-order chi connectivity index (χ1) is 32.2. The number of hydrogen-bond acceptors (Lipinski definition) is 14. The van der Waals surface area contributed by atoms with Gasteiger partial charge >= 0.3 is 0 Å². The maximum Gasteiger partial charge on any atom is 0.232 e. The van der Waals surface area contributed by atoms with Gasteiger partial charge in [0.1, 0.15) is 18.5 Å². The van der Waals surface area contributed by atoms with E-state index in [1.54, 1.807) is 6.07 Å². The van der Waals surface area contributed by atoms with E-state index < -0.39 is 17.1 Å². The molecule has 0 unspecified atom stereocenters. The van der Waals surface area contributed by atoms with Crippen molar-refractivity contribution in [1.82, 2.24) is 29.9 Å². The molecule has 2 saturated heterocycles. The van der Waals surface area contributed by atoms with E-state index in [2.05, 4.69) is 80.3 Å². The van der Waals surface area contributed by atoms with Crippen LogP contribution in [0.5, 0.6) is 0 Å². The third-order valence-electron chi connectivity index (χ3n) is 12.4. The molecule has 16 nitrogen and oxygen atoms in total. The van der Waals surface area contributed by atoms with Crippen molar-refractivity contribution in [3.8, 4) is 0 Å². The number of ether oxygens (including phenoxy) is 2. The summed E-state index contributed by atoms with van der Waals surface area (Å²) in [6.07, 6.45) is 7.60. The first-order valence-electron chi connectivity index (χ1n) is 22.5. The van der Waals surface area contributed by atoms with Crippen LogP contribution in [0.4, 0.5) is 50.9 Å². The molecule has 2 aliphatic heterocycles. The zero-order valence-electron chi connectivity index (χ0n) is 36.8. The minimum absolute atomic E-state index is 0.0264. The molecule has 4 N–H and O–H groups in total. The number of benzene rings is 4. The number of nitrogens with zero attached hydrogens (tertiary/aromatic N) is 8. The van der Waals surface area contributed by atoms with Gasteiger partial charge in [-0.05, 0) is 92.5 Å². The fourth-order valence-corrected chi connectivity index (χ4v) is 8.27. The molecule has 6 aromatic rings. The normalized spacial score (nSPS) is 16.1. The SMILES string of the molecule is Cc1c(NC(=O)C2(CC(=O)Nc3cc(Nc4ncnc(N5CCC(OCc6ccccc6)CC5)n4)ccc3F)CC2)cccc1Nc1ncnc(N2CCC(OCc3ccccc3)CC2)n1. The molecule has 1 aliphatic carbocycles. The Morgan fingerprint density at radius 3 is 1.76 bits per heavy atom. The van der Waals surface area contributed by atoms with Crippen LogP contribution in [0.25, 0.3) is 0 Å². The number of rotatable bonds is 17. The molecule has 2 amide bonds. The van der Waals surface area contributed by atoms with Gasteiger partial charge in [-0.15, -0.1) is 0 Å². The van der Waals surface area contributed by atoms with Gasteiger partial charge in [-0.2, -0.15) is 9.97 Å². The van der Waals surface area contributed by atoms with Crippen molar-refractivity contribution in [1.29, 1.82) is 0 Å². The van der Waals surface area contributed by atoms with E-state index in [1.807, 2.05) is 61.5 Å². The number of carbonyl (C=O) groups is 2. The van der Waals surface area contributed by atoms with Crippen molar-refractivity contribution in [2.45, 2.75) is 77.3 Å². The van der Waals surface area contributed by atoms with Crippen LogP contribution in [0.2, 0.25) is 0 Å². The molecule has 0 bridgehead atoms. The molecule has 17 heteroatoms. The van der Waals surface area contributed by atoms with E-state index >= 15 is 4.39 Å². The van der Waals surface area contributed by atoms with E-state index in [0.29, 0.717) is 61.0 Å². The Kier molecular flexibility index (Phi) is 13.6. The van der Waals surface area contributed by atoms with E-state index in [0.717, 1.165) is 68.6 Å². The van der Waals surface area contributed by atoms with Crippen molar-refractivity contribution in [3.05, 3.63) is 132 Å². The molecule has 4 heterocycles. The van der Waals surface area contributed by atoms with E-state index in [1.165, 1.54) is 24.8 Å². The van der Waals surface area contributed by atoms with Crippen LogP contribution in [0.3, 0.4) is 0 Å². The molecule has 0 radical (unpaired) electrons. The van der Waals surface area contributed by atoms with Gasteiger partial charge < -0.3 is 40.5 Å². The summed E-state index contributed by atoms with van der Waals surface area (Å²) < 4.78 is 27.4. The third kappa shape index (κ3) is 11.2. The largest absolute Gasteiger partial charge is 0.373 e. The highest BCUT2D eigenvalue weighted by atomic mass is 19.1. The Bertz CT molecular complexity index is 2610. The summed E-state index contributed by atoms with van der Waals surface area (Å²) >= 11 is 0. The number of carbonyl (C=O) groups excluding carboxylic acids is 2. The smallest absolute Gasteiger partial charge is 0.232 e. The third-order valence-corrected chi connectivity index (χ3v) is 12.4. The topological polar surface area (TPSA) is 185 Å². The predicted octanol–water partition coefficient (Wildman–Crippen LogP) is 8.11. The van der Waals surface area contributed by atoms with E-state index in [9.17, 15) is 9.59 Å². The first kappa shape index (κ1) is 44.1. The van der Waals surface area contributed by atoms with Crippen LogP contribution in [-0.2, 0) is 32.3 Å². The Morgan fingerprint density at radius 2 is 1.20 bits per heavy atom. The molecule has 2 aromatic heterocycles. The van der Waals surface area contributed by atoms with Gasteiger partial charge in [-0.3, -0.25) is 9.59 Å². The van der Waals surface area contributed by atoms with Crippen LogP contribution in [0, 0.1) is 18.2 Å². The minimum Gasteiger partial charge on any atom is -0.373 e. The molecule has 4 aromatic carbocycles. The summed E-state index contributed by atoms with van der Waals surface area (Å²) in [6.45, 7) is 6.05. The summed E-state index contributed by atoms with van der Waals surface area (Å²) in [4.78, 5) is 58.2. The summed E-state index contributed by atoms with van der Waals surface area (Å²) in [5, 5.41) is 12.1. The summed E-state index contributed by atoms with van der Waals surface area (Å²) in [7, 11) is 0. The first-order valence-corrected chi connectivity index (χ1v) is 22.5. The molecular formula is C49H53FN12O4. The van der Waals surface area contributed by atoms with Crippen LogP contribution in [-0.4, -0.2) is 80.1 Å². The van der Waals surface area contributed by atoms with Crippen LogP contribution in [0.15, 0.2) is 110 Å². The number of halogens is 1. The Labute approximate surface area is 382 Å². The van der Waals surface area contributed by atoms with E-state index in [-0.39, 0.29) is 36.2 Å². The lowest BCUT2D eigenvalue weighted by atomic mass is 10.00. The second kappa shape index (κ2) is 20.4. The van der Waals surface area contributed by atoms with Crippen LogP contribution in [0.1, 0.15) is 61.6 Å². The van der Waals surface area contributed by atoms with Crippen molar-refractivity contribution >= 4 is 58.4 Å². The molecule has 0 spiro atoms. The minimum atomic E-state index is -0.917. The number of nitrogens with one attached hydrogen (secondary N) is 4. The maximum absolute atomic E-state index is 15.1. The molecule has 0 atom stereocenters. The van der Waals surface area contributed by atoms with E-state index in [4.69, 9.17) is 14.5 Å². The number of piperidine rings is 2. The highest BCUT2D eigenvalue weighted by molar-refractivity contribution is 6.03. The lowest BCUT2D eigenvalue weighted by molar-refractivity contribution is -0.126. The Morgan fingerprint density at radius 1 is 0.652 bits per heavy atom. The molecule has 3 aliphatic rings. The average Bonchev–Trinajstić information content (AvgIpc) is 4.14. The lowest BCUT2D eigenvalue weighted by Gasteiger charge is -2.32. The lowest BCUT2D eigenvalue weighted by Crippen LogP contribution is -2.38. The summed E-state index contributed by atoms with van der Waals surface area (Å²) in [5.74, 6) is 0.408. The highest BCUT2D eigenvalue weighted by Crippen LogP contribution is 2.50. The Balaban J connectivity index is 0.754. The molecule has 66 heavy (non-hydrogen) atoms. The molecule has 1 saturated carbocycles. The number of anilines is 8. The van der Waals surface area contributed by atoms with Gasteiger partial charge in [-0.25, -0.2) is 24.3 Å². The fourth-order valence-electron chi connectivity index (χ4n) is 8.27. The standard InChI is InChI=1S/C49H53FN12O4/c1-33-40(13-8-14-41(33)58-46-52-32-54-48(60-46)62-25-19-38(20-26-62)66-30-35-11-6-3-7-12-35)57-44(64)49(21-22-49)28-43(63)56-42-27-36(15-16-39(42)50)55-45-51-31-53-47(59-45)61-23-17-37(18-24-61)65-29-34-9-4-2-5-10-34/h2-16,27,31-32,37-38H,17-26,28-30H2,1H3,(H,56,63)(H,57,64)(H,51,53,55,59)(H,52,54,58,60). The number of aromatic nitrogens is 6. The molecular weight excluding hydrogens is 840 g/mol. The fraction of sp³-hybridized carbons (Fsp3) is 0.347. The maximum atomic E-state index is 15.1. The van der Waals surface area contributed by atoms with Gasteiger partial charge in [0.25, 0.3) is 0 Å². The molecule has 340 valence electrons. The monoisotopic (exact) mass is 892 g/mol. The number of amides is 2. The van der Waals surface area contributed by atoms with Crippen molar-refractivity contribution < 1.29 is 23.5 Å². The Hall–Kier alpha value is -7.11. The number of hydrogen-bond donors (Lipinski definition) is 4. The highest BCUT2D eigenvalue weighted by Gasteiger charge is 2.51. The van der Waals surface area contributed by atoms with Gasteiger partial charge in [0.2, 0.25) is 35.6 Å². The summed E-state index contributed by atoms with van der Waals surface area (Å²) in [6, 6.07) is 30.1.